The van der Waals surface area contributed by atoms with E-state index in [1.54, 1.807) is 25.3 Å². The number of aryl methyl sites for hydroxylation is 1. The van der Waals surface area contributed by atoms with Crippen molar-refractivity contribution < 1.29 is 22.6 Å². The maximum Gasteiger partial charge on any atom is 0.420 e. The summed E-state index contributed by atoms with van der Waals surface area (Å²) in [6.45, 7) is 5.49. The Labute approximate surface area is 218 Å². The van der Waals surface area contributed by atoms with Crippen molar-refractivity contribution in [2.45, 2.75) is 50.2 Å². The van der Waals surface area contributed by atoms with Crippen LogP contribution in [0.2, 0.25) is 0 Å². The molecule has 1 N–H and O–H groups in total. The number of hydrogen-bond donors (Lipinski definition) is 1. The van der Waals surface area contributed by atoms with Crippen LogP contribution in [0.1, 0.15) is 36.8 Å². The second-order valence-electron chi connectivity index (χ2n) is 11.4. The first-order valence-corrected chi connectivity index (χ1v) is 13.3. The zero-order valence-corrected chi connectivity index (χ0v) is 22.1. The van der Waals surface area contributed by atoms with Crippen LogP contribution in [0.4, 0.5) is 19.0 Å². The fourth-order valence-corrected chi connectivity index (χ4v) is 6.64. The highest BCUT2D eigenvalue weighted by molar-refractivity contribution is 6.40. The van der Waals surface area contributed by atoms with E-state index in [0.29, 0.717) is 29.1 Å². The van der Waals surface area contributed by atoms with Gasteiger partial charge in [-0.25, -0.2) is 0 Å². The molecule has 0 radical (unpaired) electrons. The van der Waals surface area contributed by atoms with E-state index < -0.39 is 11.7 Å². The second-order valence-corrected chi connectivity index (χ2v) is 11.4. The number of alkyl halides is 3. The number of fused-ring (bicyclic) bond motifs is 1. The Hall–Kier alpha value is -2.26. The van der Waals surface area contributed by atoms with Crippen molar-refractivity contribution in [2.75, 3.05) is 38.7 Å². The lowest BCUT2D eigenvalue weighted by Gasteiger charge is -2.45. The smallest absolute Gasteiger partial charge is 0.420 e. The van der Waals surface area contributed by atoms with Gasteiger partial charge in [0.2, 0.25) is 0 Å². The SMILES string of the molecule is BC(B)(C1CCOCC1)N1C[C@H]2C[C@H](Nc3nnc(-c4ccc(OC)cc4C)cc3C(F)(F)F)C[C@H]2C1. The molecular weight excluding hydrogens is 479 g/mol. The van der Waals surface area contributed by atoms with Crippen molar-refractivity contribution in [3.05, 3.63) is 35.4 Å². The van der Waals surface area contributed by atoms with Crippen LogP contribution >= 0.6 is 0 Å². The molecule has 2 aromatic rings. The van der Waals surface area contributed by atoms with Crippen LogP contribution in [0, 0.1) is 24.7 Å². The van der Waals surface area contributed by atoms with Crippen LogP contribution in [-0.4, -0.2) is 75.6 Å². The number of anilines is 1. The van der Waals surface area contributed by atoms with E-state index in [1.807, 2.05) is 6.92 Å². The molecule has 11 heteroatoms. The van der Waals surface area contributed by atoms with Gasteiger partial charge in [0.25, 0.3) is 0 Å². The number of rotatable bonds is 6. The third-order valence-corrected chi connectivity index (χ3v) is 8.94. The van der Waals surface area contributed by atoms with Gasteiger partial charge in [-0.2, -0.15) is 13.2 Å². The van der Waals surface area contributed by atoms with E-state index in [0.717, 1.165) is 63.6 Å². The zero-order chi connectivity index (χ0) is 26.4. The van der Waals surface area contributed by atoms with Gasteiger partial charge >= 0.3 is 6.18 Å². The highest BCUT2D eigenvalue weighted by Crippen LogP contribution is 2.44. The van der Waals surface area contributed by atoms with Crippen molar-refractivity contribution in [2.24, 2.45) is 17.8 Å². The minimum atomic E-state index is -4.54. The minimum absolute atomic E-state index is 0.0349. The van der Waals surface area contributed by atoms with Gasteiger partial charge in [-0.1, -0.05) is 0 Å². The normalized spacial score (nSPS) is 25.3. The van der Waals surface area contributed by atoms with Crippen molar-refractivity contribution >= 4 is 21.5 Å². The lowest BCUT2D eigenvalue weighted by Crippen LogP contribution is -2.56. The minimum Gasteiger partial charge on any atom is -0.497 e. The number of ether oxygens (including phenoxy) is 2. The molecule has 198 valence electrons. The average Bonchev–Trinajstić information content (AvgIpc) is 3.43. The predicted octanol–water partition coefficient (Wildman–Crippen LogP) is 2.95. The van der Waals surface area contributed by atoms with Crippen LogP contribution in [0.3, 0.4) is 0 Å². The summed E-state index contributed by atoms with van der Waals surface area (Å²) in [5, 5.41) is 11.5. The van der Waals surface area contributed by atoms with Gasteiger partial charge in [0.05, 0.1) is 12.8 Å². The Balaban J connectivity index is 1.28. The van der Waals surface area contributed by atoms with Crippen LogP contribution in [0.25, 0.3) is 11.3 Å². The average molecular weight is 514 g/mol. The number of aromatic nitrogens is 2. The summed E-state index contributed by atoms with van der Waals surface area (Å²) in [4.78, 5) is 2.61. The van der Waals surface area contributed by atoms with Gasteiger partial charge in [-0.05, 0) is 85.5 Å². The molecule has 6 nitrogen and oxygen atoms in total. The summed E-state index contributed by atoms with van der Waals surface area (Å²) in [6, 6.07) is 6.29. The summed E-state index contributed by atoms with van der Waals surface area (Å²) < 4.78 is 53.0. The molecule has 0 amide bonds. The fraction of sp³-hybridized carbons (Fsp3) is 0.615. The van der Waals surface area contributed by atoms with E-state index >= 15 is 0 Å². The van der Waals surface area contributed by atoms with Gasteiger partial charge in [-0.15, -0.1) is 10.2 Å². The summed E-state index contributed by atoms with van der Waals surface area (Å²) in [5.74, 6) is 2.06. The predicted molar refractivity (Wildman–Crippen MR) is 142 cm³/mol. The molecule has 3 heterocycles. The van der Waals surface area contributed by atoms with Crippen LogP contribution in [0.15, 0.2) is 24.3 Å². The molecule has 3 aliphatic rings. The Morgan fingerprint density at radius 3 is 2.32 bits per heavy atom. The Morgan fingerprint density at radius 1 is 1.05 bits per heavy atom. The molecule has 0 bridgehead atoms. The molecule has 1 aliphatic carbocycles. The largest absolute Gasteiger partial charge is 0.497 e. The fourth-order valence-electron chi connectivity index (χ4n) is 6.64. The monoisotopic (exact) mass is 514 g/mol. The van der Waals surface area contributed by atoms with E-state index in [1.165, 1.54) is 0 Å². The van der Waals surface area contributed by atoms with Gasteiger partial charge in [0, 0.05) is 37.9 Å². The molecular formula is C26H35B2F3N4O2. The molecule has 3 fully saturated rings. The van der Waals surface area contributed by atoms with Crippen molar-refractivity contribution in [1.82, 2.24) is 15.1 Å². The topological polar surface area (TPSA) is 59.5 Å². The van der Waals surface area contributed by atoms with Crippen molar-refractivity contribution in [3.63, 3.8) is 0 Å². The molecule has 2 saturated heterocycles. The summed E-state index contributed by atoms with van der Waals surface area (Å²) in [7, 11) is 6.24. The zero-order valence-electron chi connectivity index (χ0n) is 22.1. The maximum atomic E-state index is 14.1. The Morgan fingerprint density at radius 2 is 1.73 bits per heavy atom. The van der Waals surface area contributed by atoms with Gasteiger partial charge in [0.1, 0.15) is 27.0 Å². The second kappa shape index (κ2) is 10.1. The third-order valence-electron chi connectivity index (χ3n) is 8.94. The van der Waals surface area contributed by atoms with Gasteiger partial charge in [-0.3, -0.25) is 0 Å². The molecule has 5 rings (SSSR count). The van der Waals surface area contributed by atoms with E-state index in [-0.39, 0.29) is 22.9 Å². The number of nitrogens with zero attached hydrogens (tertiary/aromatic N) is 3. The maximum absolute atomic E-state index is 14.1. The Kier molecular flexibility index (Phi) is 7.22. The van der Waals surface area contributed by atoms with Gasteiger partial charge < -0.3 is 19.7 Å². The highest BCUT2D eigenvalue weighted by Gasteiger charge is 2.47. The summed E-state index contributed by atoms with van der Waals surface area (Å²) in [6.07, 6.45) is -0.652. The molecule has 37 heavy (non-hydrogen) atoms. The number of halogens is 3. The molecule has 1 aromatic heterocycles. The summed E-state index contributed by atoms with van der Waals surface area (Å²) in [5.41, 5.74) is 0.812. The molecule has 0 unspecified atom stereocenters. The van der Waals surface area contributed by atoms with E-state index in [2.05, 4.69) is 36.1 Å². The molecule has 2 aliphatic heterocycles. The molecule has 1 saturated carbocycles. The highest BCUT2D eigenvalue weighted by atomic mass is 19.4. The number of methoxy groups -OCH3 is 1. The number of likely N-dealkylation sites (tertiary alicyclic amines) is 1. The number of nitrogens with one attached hydrogen (secondary N) is 1. The quantitative estimate of drug-likeness (QED) is 0.599. The lowest BCUT2D eigenvalue weighted by atomic mass is 9.52. The van der Waals surface area contributed by atoms with E-state index in [4.69, 9.17) is 9.47 Å². The third kappa shape index (κ3) is 5.35. The van der Waals surface area contributed by atoms with Crippen molar-refractivity contribution in [1.29, 1.82) is 0 Å². The molecule has 3 atom stereocenters. The van der Waals surface area contributed by atoms with Crippen molar-refractivity contribution in [3.8, 4) is 17.0 Å². The first kappa shape index (κ1) is 26.4. The molecule has 1 aromatic carbocycles. The Bertz CT molecular complexity index is 1110. The first-order valence-electron chi connectivity index (χ1n) is 13.3. The summed E-state index contributed by atoms with van der Waals surface area (Å²) >= 11 is 0. The standard InChI is InChI=1S/C26H35B2F3N4O2/c1-15-9-20(36-2)3-4-21(15)23-12-22(26(29,30)31)24(34-33-23)32-19-10-16-13-35(14-17(16)11-19)25(27,28)18-5-7-37-8-6-18/h3-4,9,12,16-19H,5-8,10-11,13-14,27-28H2,1-2H3,(H,32,34)/t16-,17+,19+. The van der Waals surface area contributed by atoms with E-state index in [9.17, 15) is 13.2 Å². The number of benzene rings is 1. The molecule has 0 spiro atoms. The first-order chi connectivity index (χ1) is 17.6. The number of hydrogen-bond acceptors (Lipinski definition) is 6. The van der Waals surface area contributed by atoms with Crippen LogP contribution in [-0.2, 0) is 10.9 Å². The van der Waals surface area contributed by atoms with Crippen LogP contribution < -0.4 is 10.1 Å². The lowest BCUT2D eigenvalue weighted by molar-refractivity contribution is -0.137. The van der Waals surface area contributed by atoms with Gasteiger partial charge in [0.15, 0.2) is 5.82 Å². The van der Waals surface area contributed by atoms with Crippen LogP contribution in [0.5, 0.6) is 5.75 Å².